The van der Waals surface area contributed by atoms with Crippen molar-refractivity contribution >= 4 is 23.1 Å². The van der Waals surface area contributed by atoms with E-state index in [1.54, 1.807) is 15.6 Å². The number of hydrogen-bond donors (Lipinski definition) is 1. The van der Waals surface area contributed by atoms with Crippen LogP contribution in [0.15, 0.2) is 24.5 Å². The third-order valence-electron chi connectivity index (χ3n) is 6.37. The Labute approximate surface area is 169 Å². The summed E-state index contributed by atoms with van der Waals surface area (Å²) >= 11 is 0. The number of nitrogens with zero attached hydrogens (tertiary/aromatic N) is 4. The molecule has 3 amide bonds. The summed E-state index contributed by atoms with van der Waals surface area (Å²) in [5, 5.41) is 6.77. The Morgan fingerprint density at radius 1 is 1.14 bits per heavy atom. The number of rotatable bonds is 5. The van der Waals surface area contributed by atoms with Crippen LogP contribution in [-0.2, 0) is 16.0 Å². The first-order valence-electron chi connectivity index (χ1n) is 10.5. The van der Waals surface area contributed by atoms with Crippen LogP contribution >= 0.6 is 0 Å². The first-order chi connectivity index (χ1) is 14.2. The molecule has 0 saturated carbocycles. The molecule has 0 spiro atoms. The van der Waals surface area contributed by atoms with Crippen molar-refractivity contribution in [3.05, 3.63) is 30.1 Å². The first kappa shape index (κ1) is 18.6. The molecule has 154 valence electrons. The minimum Gasteiger partial charge on any atom is -0.381 e. The highest BCUT2D eigenvalue weighted by atomic mass is 16.5. The highest BCUT2D eigenvalue weighted by molar-refractivity contribution is 6.07. The predicted octanol–water partition coefficient (Wildman–Crippen LogP) is 1.68. The van der Waals surface area contributed by atoms with Gasteiger partial charge in [0.05, 0.1) is 30.6 Å². The average molecular weight is 397 g/mol. The van der Waals surface area contributed by atoms with Gasteiger partial charge in [-0.25, -0.2) is 9.31 Å². The fourth-order valence-corrected chi connectivity index (χ4v) is 4.60. The zero-order chi connectivity index (χ0) is 19.8. The molecule has 5 rings (SSSR count). The molecule has 8 heteroatoms. The quantitative estimate of drug-likeness (QED) is 0.831. The monoisotopic (exact) mass is 397 g/mol. The van der Waals surface area contributed by atoms with Gasteiger partial charge in [0.1, 0.15) is 0 Å². The SMILES string of the molecule is O=C1CCN(c2cnn3ccc(CC4CCN(CC5COC5)CC4)cc23)C(=O)N1. The molecular weight excluding hydrogens is 370 g/mol. The van der Waals surface area contributed by atoms with Gasteiger partial charge in [-0.2, -0.15) is 5.10 Å². The minimum atomic E-state index is -0.370. The van der Waals surface area contributed by atoms with Crippen molar-refractivity contribution in [3.8, 4) is 0 Å². The maximum Gasteiger partial charge on any atom is 0.328 e. The second kappa shape index (κ2) is 7.76. The molecule has 3 saturated heterocycles. The lowest BCUT2D eigenvalue weighted by Crippen LogP contribution is -2.49. The standard InChI is InChI=1S/C21H27N5O3/c27-20-4-7-25(21(28)23-20)19-11-22-26-8-3-16(10-18(19)26)9-15-1-5-24(6-2-15)12-17-13-29-14-17/h3,8,10-11,15,17H,1-2,4-7,9,12-14H2,(H,23,27,28). The second-order valence-electron chi connectivity index (χ2n) is 8.50. The van der Waals surface area contributed by atoms with Crippen LogP contribution in [0.3, 0.4) is 0 Å². The van der Waals surface area contributed by atoms with Crippen LogP contribution in [0.25, 0.3) is 5.52 Å². The molecule has 8 nitrogen and oxygen atoms in total. The number of aromatic nitrogens is 2. The molecule has 2 aromatic rings. The summed E-state index contributed by atoms with van der Waals surface area (Å²) < 4.78 is 7.09. The molecular formula is C21H27N5O3. The van der Waals surface area contributed by atoms with E-state index in [1.165, 1.54) is 38.0 Å². The summed E-state index contributed by atoms with van der Waals surface area (Å²) in [6.45, 7) is 5.76. The molecule has 1 N–H and O–H groups in total. The number of imide groups is 1. The molecule has 3 aliphatic heterocycles. The van der Waals surface area contributed by atoms with E-state index in [4.69, 9.17) is 4.74 Å². The van der Waals surface area contributed by atoms with Crippen molar-refractivity contribution in [1.29, 1.82) is 0 Å². The number of likely N-dealkylation sites (tertiary alicyclic amines) is 1. The van der Waals surface area contributed by atoms with Crippen LogP contribution in [0.2, 0.25) is 0 Å². The maximum atomic E-state index is 12.2. The number of carbonyl (C=O) groups excluding carboxylic acids is 2. The number of ether oxygens (including phenoxy) is 1. The number of fused-ring (bicyclic) bond motifs is 1. The zero-order valence-electron chi connectivity index (χ0n) is 16.5. The van der Waals surface area contributed by atoms with E-state index in [0.717, 1.165) is 36.8 Å². The van der Waals surface area contributed by atoms with Gasteiger partial charge in [-0.3, -0.25) is 15.0 Å². The number of anilines is 1. The van der Waals surface area contributed by atoms with E-state index in [2.05, 4.69) is 27.4 Å². The maximum absolute atomic E-state index is 12.2. The van der Waals surface area contributed by atoms with Gasteiger partial charge in [-0.1, -0.05) is 0 Å². The topological polar surface area (TPSA) is 79.2 Å². The van der Waals surface area contributed by atoms with Crippen LogP contribution in [0.1, 0.15) is 24.8 Å². The molecule has 0 unspecified atom stereocenters. The summed E-state index contributed by atoms with van der Waals surface area (Å²) in [6.07, 6.45) is 7.48. The van der Waals surface area contributed by atoms with Crippen LogP contribution < -0.4 is 10.2 Å². The lowest BCUT2D eigenvalue weighted by atomic mass is 9.90. The van der Waals surface area contributed by atoms with E-state index < -0.39 is 0 Å². The molecule has 3 aliphatic rings. The Bertz CT molecular complexity index is 914. The number of urea groups is 1. The predicted molar refractivity (Wildman–Crippen MR) is 108 cm³/mol. The summed E-state index contributed by atoms with van der Waals surface area (Å²) in [7, 11) is 0. The molecule has 0 radical (unpaired) electrons. The molecule has 0 aliphatic carbocycles. The molecule has 5 heterocycles. The first-order valence-corrected chi connectivity index (χ1v) is 10.5. The Morgan fingerprint density at radius 2 is 1.97 bits per heavy atom. The van der Waals surface area contributed by atoms with Crippen LogP contribution in [0.5, 0.6) is 0 Å². The van der Waals surface area contributed by atoms with E-state index in [-0.39, 0.29) is 11.9 Å². The number of amides is 3. The molecule has 3 fully saturated rings. The number of carbonyl (C=O) groups is 2. The van der Waals surface area contributed by atoms with Crippen molar-refractivity contribution in [2.75, 3.05) is 44.3 Å². The third-order valence-corrected chi connectivity index (χ3v) is 6.37. The summed E-state index contributed by atoms with van der Waals surface area (Å²) in [5.74, 6) is 1.20. The van der Waals surface area contributed by atoms with Crippen molar-refractivity contribution in [2.24, 2.45) is 11.8 Å². The second-order valence-corrected chi connectivity index (χ2v) is 8.50. The Morgan fingerprint density at radius 3 is 2.69 bits per heavy atom. The lowest BCUT2D eigenvalue weighted by molar-refractivity contribution is -0.120. The largest absolute Gasteiger partial charge is 0.381 e. The van der Waals surface area contributed by atoms with Gasteiger partial charge in [-0.05, 0) is 56.0 Å². The number of nitrogens with one attached hydrogen (secondary N) is 1. The van der Waals surface area contributed by atoms with Crippen molar-refractivity contribution in [3.63, 3.8) is 0 Å². The Hall–Kier alpha value is -2.45. The van der Waals surface area contributed by atoms with Crippen LogP contribution in [0, 0.1) is 11.8 Å². The van der Waals surface area contributed by atoms with E-state index in [1.807, 2.05) is 6.20 Å². The lowest BCUT2D eigenvalue weighted by Gasteiger charge is -2.36. The molecule has 0 bridgehead atoms. The van der Waals surface area contributed by atoms with Crippen molar-refractivity contribution < 1.29 is 14.3 Å². The van der Waals surface area contributed by atoms with Crippen molar-refractivity contribution in [1.82, 2.24) is 19.8 Å². The molecule has 29 heavy (non-hydrogen) atoms. The summed E-state index contributed by atoms with van der Waals surface area (Å²) in [5.41, 5.74) is 2.95. The van der Waals surface area contributed by atoms with E-state index in [0.29, 0.717) is 18.9 Å². The zero-order valence-corrected chi connectivity index (χ0v) is 16.5. The number of piperidine rings is 1. The number of pyridine rings is 1. The summed E-state index contributed by atoms with van der Waals surface area (Å²) in [6, 6.07) is 3.90. The van der Waals surface area contributed by atoms with Crippen LogP contribution in [0.4, 0.5) is 10.5 Å². The van der Waals surface area contributed by atoms with Gasteiger partial charge in [0.2, 0.25) is 5.91 Å². The Kier molecular flexibility index (Phi) is 4.97. The fourth-order valence-electron chi connectivity index (χ4n) is 4.60. The van der Waals surface area contributed by atoms with E-state index >= 15 is 0 Å². The third kappa shape index (κ3) is 3.86. The number of hydrogen-bond acceptors (Lipinski definition) is 5. The highest BCUT2D eigenvalue weighted by Gasteiger charge is 2.27. The average Bonchev–Trinajstić information content (AvgIpc) is 3.09. The van der Waals surface area contributed by atoms with Gasteiger partial charge in [0.25, 0.3) is 0 Å². The summed E-state index contributed by atoms with van der Waals surface area (Å²) in [4.78, 5) is 27.9. The normalized spacial score (nSPS) is 22.1. The van der Waals surface area contributed by atoms with Gasteiger partial charge in [0.15, 0.2) is 0 Å². The molecule has 0 atom stereocenters. The van der Waals surface area contributed by atoms with Crippen LogP contribution in [-0.4, -0.2) is 65.8 Å². The van der Waals surface area contributed by atoms with Gasteiger partial charge >= 0.3 is 6.03 Å². The van der Waals surface area contributed by atoms with Crippen molar-refractivity contribution in [2.45, 2.75) is 25.7 Å². The van der Waals surface area contributed by atoms with Gasteiger partial charge in [-0.15, -0.1) is 0 Å². The van der Waals surface area contributed by atoms with Gasteiger partial charge in [0, 0.05) is 31.6 Å². The molecule has 0 aromatic carbocycles. The van der Waals surface area contributed by atoms with E-state index in [9.17, 15) is 9.59 Å². The minimum absolute atomic E-state index is 0.223. The molecule has 2 aromatic heterocycles. The van der Waals surface area contributed by atoms with Gasteiger partial charge < -0.3 is 9.64 Å². The Balaban J connectivity index is 1.25. The highest BCUT2D eigenvalue weighted by Crippen LogP contribution is 2.27. The fraction of sp³-hybridized carbons (Fsp3) is 0.571. The smallest absolute Gasteiger partial charge is 0.328 e.